The van der Waals surface area contributed by atoms with Crippen molar-refractivity contribution in [1.82, 2.24) is 14.1 Å². The number of nitrogens with zero attached hydrogens (tertiary/aromatic N) is 2. The van der Waals surface area contributed by atoms with Gasteiger partial charge in [-0.3, -0.25) is 14.2 Å². The number of hydrogen-bond acceptors (Lipinski definition) is 3. The van der Waals surface area contributed by atoms with E-state index in [0.717, 1.165) is 22.8 Å². The second-order valence-corrected chi connectivity index (χ2v) is 7.89. The first-order chi connectivity index (χ1) is 15.0. The van der Waals surface area contributed by atoms with Crippen LogP contribution in [-0.2, 0) is 13.6 Å². The summed E-state index contributed by atoms with van der Waals surface area (Å²) in [6.07, 6.45) is 0. The van der Waals surface area contributed by atoms with Gasteiger partial charge in [0.1, 0.15) is 0 Å². The first-order valence-corrected chi connectivity index (χ1v) is 10.4. The summed E-state index contributed by atoms with van der Waals surface area (Å²) in [5.74, 6) is -0.250. The van der Waals surface area contributed by atoms with Crippen LogP contribution in [-0.4, -0.2) is 20.0 Å². The average Bonchev–Trinajstić information content (AvgIpc) is 3.10. The number of amides is 1. The Kier molecular flexibility index (Phi) is 4.48. The van der Waals surface area contributed by atoms with E-state index in [-0.39, 0.29) is 11.5 Å². The number of benzene rings is 3. The molecule has 1 amide bonds. The summed E-state index contributed by atoms with van der Waals surface area (Å²) in [6.45, 7) is 2.99. The summed E-state index contributed by atoms with van der Waals surface area (Å²) in [5, 5.41) is 5.72. The minimum absolute atomic E-state index is 0.191. The van der Waals surface area contributed by atoms with Crippen molar-refractivity contribution in [3.8, 4) is 0 Å². The number of rotatable bonds is 3. The predicted octanol–water partition coefficient (Wildman–Crippen LogP) is 4.98. The fourth-order valence-corrected chi connectivity index (χ4v) is 4.32. The molecule has 0 aliphatic heterocycles. The molecule has 5 aromatic rings. The SMILES string of the molecule is CCn1c2ccccc2c2cc(NC(=O)c3ccc4c(=O)n(C)c(=S)[nH]c4c3)ccc21. The van der Waals surface area contributed by atoms with E-state index in [1.807, 2.05) is 30.3 Å². The van der Waals surface area contributed by atoms with E-state index >= 15 is 0 Å². The summed E-state index contributed by atoms with van der Waals surface area (Å²) >= 11 is 5.18. The van der Waals surface area contributed by atoms with Crippen molar-refractivity contribution in [3.63, 3.8) is 0 Å². The van der Waals surface area contributed by atoms with Crippen LogP contribution >= 0.6 is 12.2 Å². The molecule has 31 heavy (non-hydrogen) atoms. The van der Waals surface area contributed by atoms with Gasteiger partial charge in [-0.05, 0) is 61.6 Å². The molecular formula is C24H20N4O2S. The van der Waals surface area contributed by atoms with Gasteiger partial charge >= 0.3 is 0 Å². The molecule has 154 valence electrons. The Morgan fingerprint density at radius 3 is 2.58 bits per heavy atom. The van der Waals surface area contributed by atoms with E-state index in [1.165, 1.54) is 10.1 Å². The van der Waals surface area contributed by atoms with Crippen LogP contribution in [0.3, 0.4) is 0 Å². The van der Waals surface area contributed by atoms with Crippen molar-refractivity contribution < 1.29 is 4.79 Å². The Bertz CT molecular complexity index is 1620. The Balaban J connectivity index is 1.54. The van der Waals surface area contributed by atoms with Crippen molar-refractivity contribution in [2.75, 3.05) is 5.32 Å². The van der Waals surface area contributed by atoms with E-state index in [9.17, 15) is 9.59 Å². The smallest absolute Gasteiger partial charge is 0.261 e. The molecular weight excluding hydrogens is 408 g/mol. The summed E-state index contributed by atoms with van der Waals surface area (Å²) in [4.78, 5) is 28.3. The summed E-state index contributed by atoms with van der Waals surface area (Å²) in [6, 6.07) is 19.2. The average molecular weight is 429 g/mol. The molecule has 2 aromatic heterocycles. The third-order valence-electron chi connectivity index (χ3n) is 5.71. The van der Waals surface area contributed by atoms with E-state index in [0.29, 0.717) is 26.9 Å². The molecule has 5 rings (SSSR count). The molecule has 0 aliphatic rings. The minimum Gasteiger partial charge on any atom is -0.341 e. The Hall–Kier alpha value is -3.71. The number of para-hydroxylation sites is 1. The third kappa shape index (κ3) is 3.05. The van der Waals surface area contributed by atoms with Crippen LogP contribution in [0.2, 0.25) is 0 Å². The van der Waals surface area contributed by atoms with Crippen LogP contribution in [0, 0.1) is 4.77 Å². The molecule has 2 N–H and O–H groups in total. The van der Waals surface area contributed by atoms with Crippen molar-refractivity contribution in [1.29, 1.82) is 0 Å². The second-order valence-electron chi connectivity index (χ2n) is 7.50. The fraction of sp³-hybridized carbons (Fsp3) is 0.125. The van der Waals surface area contributed by atoms with Gasteiger partial charge in [-0.2, -0.15) is 0 Å². The Morgan fingerprint density at radius 1 is 1.00 bits per heavy atom. The minimum atomic E-state index is -0.250. The number of H-pyrrole nitrogens is 1. The summed E-state index contributed by atoms with van der Waals surface area (Å²) in [5.41, 5.74) is 3.83. The first-order valence-electron chi connectivity index (χ1n) is 10.0. The normalized spacial score (nSPS) is 11.4. The highest BCUT2D eigenvalue weighted by Crippen LogP contribution is 2.31. The number of aryl methyl sites for hydroxylation is 1. The van der Waals surface area contributed by atoms with E-state index in [1.54, 1.807) is 25.2 Å². The standard InChI is InChI=1S/C24H20N4O2S/c1-3-28-20-7-5-4-6-16(20)18-13-15(9-11-21(18)28)25-22(29)14-8-10-17-19(12-14)26-24(31)27(2)23(17)30/h4-13H,3H2,1-2H3,(H,25,29)(H,26,31). The molecule has 0 atom stereocenters. The van der Waals surface area contributed by atoms with E-state index < -0.39 is 0 Å². The van der Waals surface area contributed by atoms with Crippen LogP contribution in [0.5, 0.6) is 0 Å². The van der Waals surface area contributed by atoms with Gasteiger partial charge in [0.15, 0.2) is 4.77 Å². The van der Waals surface area contributed by atoms with Crippen molar-refractivity contribution in [2.24, 2.45) is 7.05 Å². The van der Waals surface area contributed by atoms with Gasteiger partial charge in [-0.25, -0.2) is 0 Å². The summed E-state index contributed by atoms with van der Waals surface area (Å²) < 4.78 is 3.95. The highest BCUT2D eigenvalue weighted by Gasteiger charge is 2.13. The fourth-order valence-electron chi connectivity index (χ4n) is 4.12. The van der Waals surface area contributed by atoms with Crippen LogP contribution in [0.4, 0.5) is 5.69 Å². The maximum Gasteiger partial charge on any atom is 0.261 e. The lowest BCUT2D eigenvalue weighted by molar-refractivity contribution is 0.102. The Labute approximate surface area is 182 Å². The number of hydrogen-bond donors (Lipinski definition) is 2. The third-order valence-corrected chi connectivity index (χ3v) is 6.09. The molecule has 0 fully saturated rings. The van der Waals surface area contributed by atoms with E-state index in [4.69, 9.17) is 12.2 Å². The molecule has 0 bridgehead atoms. The lowest BCUT2D eigenvalue weighted by atomic mass is 10.1. The van der Waals surface area contributed by atoms with Crippen molar-refractivity contribution in [2.45, 2.75) is 13.5 Å². The molecule has 6 nitrogen and oxygen atoms in total. The van der Waals surface area contributed by atoms with Crippen LogP contribution in [0.1, 0.15) is 17.3 Å². The number of carbonyl (C=O) groups excluding carboxylic acids is 1. The highest BCUT2D eigenvalue weighted by molar-refractivity contribution is 7.71. The zero-order valence-corrected chi connectivity index (χ0v) is 17.9. The van der Waals surface area contributed by atoms with Crippen LogP contribution < -0.4 is 10.9 Å². The first kappa shape index (κ1) is 19.3. The van der Waals surface area contributed by atoms with E-state index in [2.05, 4.69) is 33.9 Å². The lowest BCUT2D eigenvalue weighted by Gasteiger charge is -2.08. The highest BCUT2D eigenvalue weighted by atomic mass is 32.1. The maximum atomic E-state index is 12.9. The molecule has 0 saturated heterocycles. The van der Waals surface area contributed by atoms with Crippen LogP contribution in [0.25, 0.3) is 32.7 Å². The lowest BCUT2D eigenvalue weighted by Crippen LogP contribution is -2.19. The zero-order chi connectivity index (χ0) is 21.7. The molecule has 0 saturated carbocycles. The van der Waals surface area contributed by atoms with Gasteiger partial charge < -0.3 is 14.9 Å². The molecule has 0 spiro atoms. The van der Waals surface area contributed by atoms with Gasteiger partial charge in [0, 0.05) is 46.6 Å². The number of nitrogens with one attached hydrogen (secondary N) is 2. The second kappa shape index (κ2) is 7.21. The van der Waals surface area contributed by atoms with Crippen molar-refractivity contribution in [3.05, 3.63) is 81.4 Å². The molecule has 0 radical (unpaired) electrons. The quantitative estimate of drug-likeness (QED) is 0.398. The Morgan fingerprint density at radius 2 is 1.77 bits per heavy atom. The van der Waals surface area contributed by atoms with Crippen molar-refractivity contribution >= 4 is 56.5 Å². The topological polar surface area (TPSA) is 71.8 Å². The van der Waals surface area contributed by atoms with Gasteiger partial charge in [0.2, 0.25) is 0 Å². The molecule has 3 aromatic carbocycles. The maximum absolute atomic E-state index is 12.9. The van der Waals surface area contributed by atoms with Gasteiger partial charge in [0.25, 0.3) is 11.5 Å². The van der Waals surface area contributed by atoms with Gasteiger partial charge in [-0.1, -0.05) is 18.2 Å². The van der Waals surface area contributed by atoms with Crippen LogP contribution in [0.15, 0.2) is 65.5 Å². The largest absolute Gasteiger partial charge is 0.341 e. The number of aromatic nitrogens is 3. The number of carbonyl (C=O) groups is 1. The predicted molar refractivity (Wildman–Crippen MR) is 127 cm³/mol. The summed E-state index contributed by atoms with van der Waals surface area (Å²) in [7, 11) is 1.62. The number of aromatic amines is 1. The van der Waals surface area contributed by atoms with Gasteiger partial charge in [0.05, 0.1) is 10.9 Å². The number of anilines is 1. The molecule has 0 unspecified atom stereocenters. The number of fused-ring (bicyclic) bond motifs is 4. The zero-order valence-electron chi connectivity index (χ0n) is 17.1. The molecule has 0 aliphatic carbocycles. The monoisotopic (exact) mass is 428 g/mol. The molecule has 2 heterocycles. The van der Waals surface area contributed by atoms with Gasteiger partial charge in [-0.15, -0.1) is 0 Å². The molecule has 7 heteroatoms.